The largest absolute Gasteiger partial charge is 0.490 e. The van der Waals surface area contributed by atoms with E-state index in [2.05, 4.69) is 9.97 Å². The third-order valence-electron chi connectivity index (χ3n) is 5.13. The molecule has 1 aromatic heterocycles. The van der Waals surface area contributed by atoms with Gasteiger partial charge in [-0.15, -0.1) is 0 Å². The number of carbonyl (C=O) groups is 1. The van der Waals surface area contributed by atoms with Crippen LogP contribution in [-0.2, 0) is 0 Å². The van der Waals surface area contributed by atoms with Crippen molar-refractivity contribution >= 4 is 5.91 Å². The van der Waals surface area contributed by atoms with Crippen molar-refractivity contribution in [2.45, 2.75) is 31.6 Å². The molecular formula is C20H22FN3O3. The van der Waals surface area contributed by atoms with Crippen LogP contribution >= 0.6 is 0 Å². The maximum absolute atomic E-state index is 13.7. The number of aromatic nitrogens is 2. The predicted octanol–water partition coefficient (Wildman–Crippen LogP) is 2.72. The van der Waals surface area contributed by atoms with Gasteiger partial charge in [0.05, 0.1) is 6.61 Å². The van der Waals surface area contributed by atoms with E-state index in [4.69, 9.17) is 4.74 Å². The number of likely N-dealkylation sites (tertiary alicyclic amines) is 1. The number of amides is 1. The highest BCUT2D eigenvalue weighted by atomic mass is 19.1. The summed E-state index contributed by atoms with van der Waals surface area (Å²) in [5.41, 5.74) is -0.295. The number of nitrogens with zero attached hydrogens (tertiary/aromatic N) is 2. The second-order valence-corrected chi connectivity index (χ2v) is 7.29. The molecule has 1 aromatic carbocycles. The van der Waals surface area contributed by atoms with Gasteiger partial charge in [0.2, 0.25) is 0 Å². The van der Waals surface area contributed by atoms with E-state index in [0.717, 1.165) is 25.7 Å². The molecule has 1 saturated heterocycles. The number of hydrogen-bond donors (Lipinski definition) is 1. The summed E-state index contributed by atoms with van der Waals surface area (Å²) in [5.74, 6) is 0.622. The molecule has 1 aliphatic heterocycles. The molecule has 0 bridgehead atoms. The topological polar surface area (TPSA) is 75.3 Å². The second kappa shape index (κ2) is 7.50. The molecule has 0 unspecified atom stereocenters. The number of ether oxygens (including phenoxy) is 1. The zero-order valence-corrected chi connectivity index (χ0v) is 15.0. The molecule has 2 aliphatic rings. The molecule has 142 valence electrons. The van der Waals surface area contributed by atoms with Gasteiger partial charge in [-0.05, 0) is 37.8 Å². The maximum Gasteiger partial charge on any atom is 0.263 e. The molecule has 7 heteroatoms. The van der Waals surface area contributed by atoms with Gasteiger partial charge in [0.25, 0.3) is 11.5 Å². The van der Waals surface area contributed by atoms with Crippen LogP contribution in [0.2, 0.25) is 0 Å². The van der Waals surface area contributed by atoms with Gasteiger partial charge in [-0.2, -0.15) is 0 Å². The van der Waals surface area contributed by atoms with Crippen LogP contribution in [0.25, 0.3) is 0 Å². The SMILES string of the molecule is O=C(c1cnc(C2CC2)[nH]c1=O)N1CCC[C@@H](COc2ccccc2F)C1. The molecule has 0 radical (unpaired) electrons. The van der Waals surface area contributed by atoms with Crippen LogP contribution < -0.4 is 10.3 Å². The van der Waals surface area contributed by atoms with Crippen molar-refractivity contribution in [3.05, 3.63) is 58.0 Å². The lowest BCUT2D eigenvalue weighted by Crippen LogP contribution is -2.43. The minimum atomic E-state index is -0.394. The molecule has 1 amide bonds. The van der Waals surface area contributed by atoms with E-state index in [1.54, 1.807) is 23.1 Å². The molecule has 0 spiro atoms. The molecule has 6 nitrogen and oxygen atoms in total. The number of piperidine rings is 1. The summed E-state index contributed by atoms with van der Waals surface area (Å²) in [4.78, 5) is 33.7. The Morgan fingerprint density at radius 3 is 2.85 bits per heavy atom. The van der Waals surface area contributed by atoms with Gasteiger partial charge >= 0.3 is 0 Å². The van der Waals surface area contributed by atoms with E-state index in [9.17, 15) is 14.0 Å². The van der Waals surface area contributed by atoms with Gasteiger partial charge in [-0.25, -0.2) is 9.37 Å². The highest BCUT2D eigenvalue weighted by Crippen LogP contribution is 2.37. The average Bonchev–Trinajstić information content (AvgIpc) is 3.52. The van der Waals surface area contributed by atoms with E-state index >= 15 is 0 Å². The predicted molar refractivity (Wildman–Crippen MR) is 97.4 cm³/mol. The Labute approximate surface area is 156 Å². The number of benzene rings is 1. The Bertz CT molecular complexity index is 894. The van der Waals surface area contributed by atoms with Gasteiger partial charge in [0.1, 0.15) is 11.4 Å². The fourth-order valence-electron chi connectivity index (χ4n) is 3.45. The summed E-state index contributed by atoms with van der Waals surface area (Å²) in [5, 5.41) is 0. The Morgan fingerprint density at radius 2 is 2.11 bits per heavy atom. The van der Waals surface area contributed by atoms with E-state index < -0.39 is 5.82 Å². The average molecular weight is 371 g/mol. The Balaban J connectivity index is 1.39. The van der Waals surface area contributed by atoms with Crippen LogP contribution in [0.3, 0.4) is 0 Å². The van der Waals surface area contributed by atoms with E-state index in [1.165, 1.54) is 12.3 Å². The fourth-order valence-corrected chi connectivity index (χ4v) is 3.45. The Morgan fingerprint density at radius 1 is 1.30 bits per heavy atom. The van der Waals surface area contributed by atoms with Crippen molar-refractivity contribution in [1.82, 2.24) is 14.9 Å². The van der Waals surface area contributed by atoms with Gasteiger partial charge in [0.15, 0.2) is 11.6 Å². The number of H-pyrrole nitrogens is 1. The number of para-hydroxylation sites is 1. The van der Waals surface area contributed by atoms with E-state index in [-0.39, 0.29) is 28.7 Å². The summed E-state index contributed by atoms with van der Waals surface area (Å²) in [6.07, 6.45) is 5.18. The van der Waals surface area contributed by atoms with Crippen molar-refractivity contribution in [2.75, 3.05) is 19.7 Å². The number of aromatic amines is 1. The van der Waals surface area contributed by atoms with Crippen LogP contribution in [0.1, 0.15) is 47.8 Å². The van der Waals surface area contributed by atoms with Crippen molar-refractivity contribution in [2.24, 2.45) is 5.92 Å². The third-order valence-corrected chi connectivity index (χ3v) is 5.13. The van der Waals surface area contributed by atoms with Crippen molar-refractivity contribution in [3.63, 3.8) is 0 Å². The van der Waals surface area contributed by atoms with E-state index in [1.807, 2.05) is 0 Å². The third kappa shape index (κ3) is 4.02. The van der Waals surface area contributed by atoms with Gasteiger partial charge in [-0.3, -0.25) is 9.59 Å². The van der Waals surface area contributed by atoms with Gasteiger partial charge in [-0.1, -0.05) is 12.1 Å². The molecule has 1 aliphatic carbocycles. The molecule has 2 heterocycles. The lowest BCUT2D eigenvalue weighted by molar-refractivity contribution is 0.0629. The number of rotatable bonds is 5. The van der Waals surface area contributed by atoms with Crippen LogP contribution in [0.15, 0.2) is 35.3 Å². The standard InChI is InChI=1S/C20H22FN3O3/c21-16-5-1-2-6-17(16)27-12-13-4-3-9-24(11-13)20(26)15-10-22-18(14-7-8-14)23-19(15)25/h1-2,5-6,10,13-14H,3-4,7-9,11-12H2,(H,22,23,25)/t13-/m1/s1. The maximum atomic E-state index is 13.7. The summed E-state index contributed by atoms with van der Waals surface area (Å²) in [6, 6.07) is 6.29. The van der Waals surface area contributed by atoms with E-state index in [0.29, 0.717) is 31.4 Å². The van der Waals surface area contributed by atoms with Gasteiger partial charge < -0.3 is 14.6 Å². The molecule has 1 N–H and O–H groups in total. The second-order valence-electron chi connectivity index (χ2n) is 7.29. The minimum Gasteiger partial charge on any atom is -0.490 e. The van der Waals surface area contributed by atoms with Gasteiger partial charge in [0, 0.05) is 31.1 Å². The number of nitrogens with one attached hydrogen (secondary N) is 1. The number of halogens is 1. The quantitative estimate of drug-likeness (QED) is 0.877. The summed E-state index contributed by atoms with van der Waals surface area (Å²) >= 11 is 0. The van der Waals surface area contributed by atoms with Crippen molar-refractivity contribution < 1.29 is 13.9 Å². The molecule has 1 saturated carbocycles. The first kappa shape index (κ1) is 17.7. The number of hydrogen-bond acceptors (Lipinski definition) is 4. The highest BCUT2D eigenvalue weighted by molar-refractivity contribution is 5.93. The molecular weight excluding hydrogens is 349 g/mol. The summed E-state index contributed by atoms with van der Waals surface area (Å²) < 4.78 is 19.3. The Kier molecular flexibility index (Phi) is 4.92. The van der Waals surface area contributed by atoms with Crippen molar-refractivity contribution in [3.8, 4) is 5.75 Å². The molecule has 27 heavy (non-hydrogen) atoms. The summed E-state index contributed by atoms with van der Waals surface area (Å²) in [7, 11) is 0. The Hall–Kier alpha value is -2.70. The lowest BCUT2D eigenvalue weighted by Gasteiger charge is -2.32. The normalized spacial score (nSPS) is 19.7. The number of carbonyl (C=O) groups excluding carboxylic acids is 1. The molecule has 1 atom stereocenters. The monoisotopic (exact) mass is 371 g/mol. The lowest BCUT2D eigenvalue weighted by atomic mass is 9.98. The van der Waals surface area contributed by atoms with Crippen LogP contribution in [-0.4, -0.2) is 40.5 Å². The van der Waals surface area contributed by atoms with Crippen molar-refractivity contribution in [1.29, 1.82) is 0 Å². The summed E-state index contributed by atoms with van der Waals surface area (Å²) in [6.45, 7) is 1.41. The first-order chi connectivity index (χ1) is 13.1. The fraction of sp³-hybridized carbons (Fsp3) is 0.450. The first-order valence-electron chi connectivity index (χ1n) is 9.37. The molecule has 2 fully saturated rings. The zero-order chi connectivity index (χ0) is 18.8. The molecule has 2 aromatic rings. The minimum absolute atomic E-state index is 0.0788. The smallest absolute Gasteiger partial charge is 0.263 e. The molecule has 4 rings (SSSR count). The van der Waals surface area contributed by atoms with Crippen LogP contribution in [0, 0.1) is 11.7 Å². The van der Waals surface area contributed by atoms with Crippen LogP contribution in [0.5, 0.6) is 5.75 Å². The zero-order valence-electron chi connectivity index (χ0n) is 15.0. The highest BCUT2D eigenvalue weighted by Gasteiger charge is 2.29. The first-order valence-corrected chi connectivity index (χ1v) is 9.37. The van der Waals surface area contributed by atoms with Crippen LogP contribution in [0.4, 0.5) is 4.39 Å².